The third-order valence-electron chi connectivity index (χ3n) is 5.28. The molecule has 1 amide bonds. The molecule has 1 aliphatic rings. The molecule has 1 fully saturated rings. The highest BCUT2D eigenvalue weighted by Crippen LogP contribution is 2.21. The Hall–Kier alpha value is -3.42. The van der Waals surface area contributed by atoms with Gasteiger partial charge < -0.3 is 14.5 Å². The van der Waals surface area contributed by atoms with Crippen LogP contribution in [0.1, 0.15) is 28.9 Å². The summed E-state index contributed by atoms with van der Waals surface area (Å²) < 4.78 is 7.80. The number of carbonyl (C=O) groups is 1. The first kappa shape index (κ1) is 19.9. The summed E-state index contributed by atoms with van der Waals surface area (Å²) in [6, 6.07) is 13.5. The number of ether oxygens (including phenoxy) is 1. The van der Waals surface area contributed by atoms with E-state index in [1.54, 1.807) is 10.9 Å². The lowest BCUT2D eigenvalue weighted by Crippen LogP contribution is -2.44. The second kappa shape index (κ2) is 8.52. The smallest absolute Gasteiger partial charge is 0.257 e. The fourth-order valence-corrected chi connectivity index (χ4v) is 3.62. The number of anilines is 1. The first-order valence-corrected chi connectivity index (χ1v) is 10.1. The van der Waals surface area contributed by atoms with E-state index in [4.69, 9.17) is 4.74 Å². The van der Waals surface area contributed by atoms with Gasteiger partial charge in [-0.1, -0.05) is 18.2 Å². The van der Waals surface area contributed by atoms with Gasteiger partial charge in [-0.05, 0) is 38.0 Å². The molecular formula is C22H26N6O2. The van der Waals surface area contributed by atoms with Crippen LogP contribution in [0.15, 0.2) is 48.7 Å². The van der Waals surface area contributed by atoms with Crippen LogP contribution in [0.2, 0.25) is 0 Å². The molecule has 1 aromatic carbocycles. The lowest BCUT2D eigenvalue weighted by molar-refractivity contribution is 0.0525. The lowest BCUT2D eigenvalue weighted by atomic mass is 10.1. The van der Waals surface area contributed by atoms with Crippen molar-refractivity contribution in [2.75, 3.05) is 32.1 Å². The summed E-state index contributed by atoms with van der Waals surface area (Å²) in [6.07, 6.45) is 3.31. The van der Waals surface area contributed by atoms with Crippen molar-refractivity contribution in [2.45, 2.75) is 25.9 Å². The first-order valence-electron chi connectivity index (χ1n) is 10.1. The van der Waals surface area contributed by atoms with Crippen molar-refractivity contribution in [1.29, 1.82) is 0 Å². The molecule has 0 bridgehead atoms. The van der Waals surface area contributed by atoms with E-state index < -0.39 is 0 Å². The van der Waals surface area contributed by atoms with Crippen LogP contribution in [0, 0.1) is 6.92 Å². The van der Waals surface area contributed by atoms with Crippen molar-refractivity contribution in [1.82, 2.24) is 24.9 Å². The van der Waals surface area contributed by atoms with E-state index in [1.165, 1.54) is 0 Å². The minimum atomic E-state index is -0.105. The molecule has 1 aliphatic heterocycles. The molecule has 1 unspecified atom stereocenters. The Morgan fingerprint density at radius 3 is 2.63 bits per heavy atom. The Kier molecular flexibility index (Phi) is 5.65. The van der Waals surface area contributed by atoms with Gasteiger partial charge in [-0.2, -0.15) is 5.10 Å². The summed E-state index contributed by atoms with van der Waals surface area (Å²) >= 11 is 0. The molecule has 156 valence electrons. The zero-order valence-corrected chi connectivity index (χ0v) is 17.5. The number of hydrogen-bond donors (Lipinski definition) is 0. The standard InChI is InChI=1S/C22H26N6O2/c1-16-19(14-23-28(16)17-8-5-4-6-9-17)22(29)27-13-7-10-18(15-27)30-21-12-11-20(24-25-21)26(2)3/h4-6,8-9,11-12,14,18H,7,10,13,15H2,1-3H3. The number of hydrogen-bond acceptors (Lipinski definition) is 6. The van der Waals surface area contributed by atoms with Crippen LogP contribution >= 0.6 is 0 Å². The zero-order valence-electron chi connectivity index (χ0n) is 17.5. The fraction of sp³-hybridized carbons (Fsp3) is 0.364. The maximum Gasteiger partial charge on any atom is 0.257 e. The van der Waals surface area contributed by atoms with E-state index in [2.05, 4.69) is 15.3 Å². The molecule has 0 spiro atoms. The van der Waals surface area contributed by atoms with Gasteiger partial charge in [0.2, 0.25) is 5.88 Å². The largest absolute Gasteiger partial charge is 0.471 e. The first-order chi connectivity index (χ1) is 14.5. The van der Waals surface area contributed by atoms with Gasteiger partial charge in [0.1, 0.15) is 6.10 Å². The molecule has 0 aliphatic carbocycles. The fourth-order valence-electron chi connectivity index (χ4n) is 3.62. The second-order valence-electron chi connectivity index (χ2n) is 7.65. The number of amides is 1. The number of para-hydroxylation sites is 1. The summed E-state index contributed by atoms with van der Waals surface area (Å²) in [4.78, 5) is 16.9. The Morgan fingerprint density at radius 2 is 1.93 bits per heavy atom. The zero-order chi connectivity index (χ0) is 21.1. The van der Waals surface area contributed by atoms with Crippen LogP contribution in [-0.4, -0.2) is 64.1 Å². The Balaban J connectivity index is 1.44. The van der Waals surface area contributed by atoms with E-state index in [0.29, 0.717) is 24.5 Å². The second-order valence-corrected chi connectivity index (χ2v) is 7.65. The van der Waals surface area contributed by atoms with Gasteiger partial charge in [0.25, 0.3) is 5.91 Å². The van der Waals surface area contributed by atoms with Crippen molar-refractivity contribution >= 4 is 11.7 Å². The van der Waals surface area contributed by atoms with E-state index in [0.717, 1.165) is 30.0 Å². The highest BCUT2D eigenvalue weighted by molar-refractivity contribution is 5.95. The van der Waals surface area contributed by atoms with Gasteiger partial charge in [0.05, 0.1) is 29.7 Å². The van der Waals surface area contributed by atoms with Gasteiger partial charge in [-0.3, -0.25) is 4.79 Å². The van der Waals surface area contributed by atoms with Crippen LogP contribution in [0.25, 0.3) is 5.69 Å². The molecule has 8 heteroatoms. The van der Waals surface area contributed by atoms with Crippen LogP contribution in [0.3, 0.4) is 0 Å². The minimum Gasteiger partial charge on any atom is -0.471 e. The van der Waals surface area contributed by atoms with Gasteiger partial charge in [-0.15, -0.1) is 10.2 Å². The Labute approximate surface area is 176 Å². The summed E-state index contributed by atoms with van der Waals surface area (Å²) in [5, 5.41) is 12.7. The Morgan fingerprint density at radius 1 is 1.13 bits per heavy atom. The van der Waals surface area contributed by atoms with Crippen molar-refractivity contribution < 1.29 is 9.53 Å². The summed E-state index contributed by atoms with van der Waals surface area (Å²) in [6.45, 7) is 3.15. The van der Waals surface area contributed by atoms with Crippen LogP contribution in [0.5, 0.6) is 5.88 Å². The van der Waals surface area contributed by atoms with E-state index in [1.807, 2.05) is 73.3 Å². The molecule has 0 saturated carbocycles. The highest BCUT2D eigenvalue weighted by atomic mass is 16.5. The molecule has 2 aromatic heterocycles. The van der Waals surface area contributed by atoms with Gasteiger partial charge >= 0.3 is 0 Å². The highest BCUT2D eigenvalue weighted by Gasteiger charge is 2.28. The molecule has 1 atom stereocenters. The monoisotopic (exact) mass is 406 g/mol. The summed E-state index contributed by atoms with van der Waals surface area (Å²) in [5.41, 5.74) is 2.39. The van der Waals surface area contributed by atoms with E-state index in [9.17, 15) is 4.79 Å². The average Bonchev–Trinajstić information content (AvgIpc) is 3.15. The van der Waals surface area contributed by atoms with E-state index >= 15 is 0 Å². The predicted molar refractivity (Wildman–Crippen MR) is 114 cm³/mol. The molecule has 8 nitrogen and oxygen atoms in total. The predicted octanol–water partition coefficient (Wildman–Crippen LogP) is 2.72. The summed E-state index contributed by atoms with van der Waals surface area (Å²) in [5.74, 6) is 1.23. The van der Waals surface area contributed by atoms with Crippen molar-refractivity contribution in [3.8, 4) is 11.6 Å². The molecule has 3 heterocycles. The number of aromatic nitrogens is 4. The van der Waals surface area contributed by atoms with Crippen molar-refractivity contribution in [3.63, 3.8) is 0 Å². The molecule has 30 heavy (non-hydrogen) atoms. The minimum absolute atomic E-state index is 0.0166. The summed E-state index contributed by atoms with van der Waals surface area (Å²) in [7, 11) is 3.83. The van der Waals surface area contributed by atoms with Gasteiger partial charge in [0, 0.05) is 26.7 Å². The SMILES string of the molecule is Cc1c(C(=O)N2CCCC(Oc3ccc(N(C)C)nn3)C2)cnn1-c1ccccc1. The van der Waals surface area contributed by atoms with Gasteiger partial charge in [0.15, 0.2) is 5.82 Å². The number of nitrogens with zero attached hydrogens (tertiary/aromatic N) is 6. The molecule has 0 radical (unpaired) electrons. The number of benzene rings is 1. The van der Waals surface area contributed by atoms with Crippen molar-refractivity contribution in [3.05, 3.63) is 59.9 Å². The number of rotatable bonds is 5. The maximum absolute atomic E-state index is 13.2. The number of piperidine rings is 1. The van der Waals surface area contributed by atoms with Gasteiger partial charge in [-0.25, -0.2) is 4.68 Å². The topological polar surface area (TPSA) is 76.4 Å². The maximum atomic E-state index is 13.2. The molecule has 3 aromatic rings. The molecule has 1 saturated heterocycles. The molecule has 4 rings (SSSR count). The van der Waals surface area contributed by atoms with E-state index in [-0.39, 0.29) is 12.0 Å². The molecule has 0 N–H and O–H groups in total. The Bertz CT molecular complexity index is 1000. The number of likely N-dealkylation sites (tertiary alicyclic amines) is 1. The average molecular weight is 406 g/mol. The molecular weight excluding hydrogens is 380 g/mol. The lowest BCUT2D eigenvalue weighted by Gasteiger charge is -2.32. The quantitative estimate of drug-likeness (QED) is 0.649. The number of carbonyl (C=O) groups excluding carboxylic acids is 1. The van der Waals surface area contributed by atoms with Crippen LogP contribution < -0.4 is 9.64 Å². The normalized spacial score (nSPS) is 16.4. The van der Waals surface area contributed by atoms with Crippen LogP contribution in [0.4, 0.5) is 5.82 Å². The van der Waals surface area contributed by atoms with Crippen LogP contribution in [-0.2, 0) is 0 Å². The third-order valence-corrected chi connectivity index (χ3v) is 5.28. The third kappa shape index (κ3) is 4.12. The van der Waals surface area contributed by atoms with Crippen molar-refractivity contribution in [2.24, 2.45) is 0 Å².